The van der Waals surface area contributed by atoms with Gasteiger partial charge in [-0.1, -0.05) is 6.07 Å². The number of alkyl halides is 2. The molecule has 0 spiro atoms. The molecule has 25 heavy (non-hydrogen) atoms. The molecule has 134 valence electrons. The van der Waals surface area contributed by atoms with Gasteiger partial charge in [-0.15, -0.1) is 0 Å². The average Bonchev–Trinajstić information content (AvgIpc) is 2.92. The van der Waals surface area contributed by atoms with Crippen molar-refractivity contribution in [1.29, 1.82) is 0 Å². The van der Waals surface area contributed by atoms with Crippen LogP contribution in [-0.4, -0.2) is 22.9 Å². The van der Waals surface area contributed by atoms with E-state index in [9.17, 15) is 13.2 Å². The zero-order valence-electron chi connectivity index (χ0n) is 14.9. The van der Waals surface area contributed by atoms with E-state index in [0.29, 0.717) is 10.9 Å². The average molecular weight is 351 g/mol. The molecule has 3 nitrogen and oxygen atoms in total. The van der Waals surface area contributed by atoms with Crippen molar-refractivity contribution in [2.75, 3.05) is 0 Å². The van der Waals surface area contributed by atoms with E-state index in [1.165, 1.54) is 18.2 Å². The fourth-order valence-electron chi connectivity index (χ4n) is 2.86. The monoisotopic (exact) mass is 351 g/mol. The first kappa shape index (κ1) is 18.1. The largest absolute Gasteiger partial charge is 0.525 e. The lowest BCUT2D eigenvalue weighted by atomic mass is 9.87. The van der Waals surface area contributed by atoms with Gasteiger partial charge in [-0.05, 0) is 45.9 Å². The maximum Gasteiger partial charge on any atom is 0.525 e. The van der Waals surface area contributed by atoms with Gasteiger partial charge in [0.05, 0.1) is 11.2 Å². The van der Waals surface area contributed by atoms with E-state index in [1.807, 2.05) is 27.7 Å². The van der Waals surface area contributed by atoms with E-state index in [1.54, 1.807) is 23.9 Å². The highest BCUT2D eigenvalue weighted by molar-refractivity contribution is 6.54. The molecule has 0 radical (unpaired) electrons. The van der Waals surface area contributed by atoms with Crippen LogP contribution in [0.25, 0.3) is 17.0 Å². The smallest absolute Gasteiger partial charge is 0.398 e. The normalized spacial score (nSPS) is 20.0. The molecule has 1 saturated heterocycles. The Labute approximate surface area is 145 Å². The summed E-state index contributed by atoms with van der Waals surface area (Å²) in [5.41, 5.74) is -0.725. The SMILES string of the molecule is Cn1cc(C=C(F)B2OC(C)(C)C(C)(C)O2)c2cc(C(F)F)ccc21. The Hall–Kier alpha value is -1.73. The number of hydrogen-bond acceptors (Lipinski definition) is 2. The van der Waals surface area contributed by atoms with Gasteiger partial charge in [-0.2, -0.15) is 0 Å². The summed E-state index contributed by atoms with van der Waals surface area (Å²) in [6.07, 6.45) is 0.416. The van der Waals surface area contributed by atoms with Gasteiger partial charge in [0, 0.05) is 35.3 Å². The Morgan fingerprint density at radius 2 is 1.76 bits per heavy atom. The lowest BCUT2D eigenvalue weighted by molar-refractivity contribution is 0.00578. The summed E-state index contributed by atoms with van der Waals surface area (Å²) in [5.74, 6) is 0. The van der Waals surface area contributed by atoms with Gasteiger partial charge in [0.25, 0.3) is 6.43 Å². The van der Waals surface area contributed by atoms with E-state index >= 15 is 0 Å². The highest BCUT2D eigenvalue weighted by atomic mass is 19.3. The predicted molar refractivity (Wildman–Crippen MR) is 93.0 cm³/mol. The van der Waals surface area contributed by atoms with Gasteiger partial charge in [-0.3, -0.25) is 0 Å². The number of halogens is 3. The highest BCUT2D eigenvalue weighted by Crippen LogP contribution is 2.39. The number of aryl methyl sites for hydroxylation is 1. The third-order valence-electron chi connectivity index (χ3n) is 5.07. The Kier molecular flexibility index (Phi) is 4.28. The molecule has 1 fully saturated rings. The fraction of sp³-hybridized carbons (Fsp3) is 0.444. The lowest BCUT2D eigenvalue weighted by Gasteiger charge is -2.32. The first-order valence-corrected chi connectivity index (χ1v) is 8.12. The molecule has 0 atom stereocenters. The van der Waals surface area contributed by atoms with Crippen LogP contribution in [0.1, 0.15) is 45.2 Å². The second kappa shape index (κ2) is 5.92. The summed E-state index contributed by atoms with van der Waals surface area (Å²) >= 11 is 0. The first-order chi connectivity index (χ1) is 11.5. The summed E-state index contributed by atoms with van der Waals surface area (Å²) in [6.45, 7) is 7.36. The Bertz CT molecular complexity index is 826. The maximum absolute atomic E-state index is 14.7. The molecule has 2 heterocycles. The third kappa shape index (κ3) is 3.11. The molecule has 3 rings (SSSR count). The molecular formula is C18H21BF3NO2. The fourth-order valence-corrected chi connectivity index (χ4v) is 2.86. The third-order valence-corrected chi connectivity index (χ3v) is 5.07. The minimum absolute atomic E-state index is 0.0932. The van der Waals surface area contributed by atoms with Gasteiger partial charge in [0.2, 0.25) is 0 Å². The van der Waals surface area contributed by atoms with E-state index in [4.69, 9.17) is 9.31 Å². The number of hydrogen-bond donors (Lipinski definition) is 0. The predicted octanol–water partition coefficient (Wildman–Crippen LogP) is 5.06. The maximum atomic E-state index is 14.7. The lowest BCUT2D eigenvalue weighted by Crippen LogP contribution is -2.41. The van der Waals surface area contributed by atoms with Crippen LogP contribution in [-0.2, 0) is 16.4 Å². The summed E-state index contributed by atoms with van der Waals surface area (Å²) < 4.78 is 53.8. The Morgan fingerprint density at radius 1 is 1.16 bits per heavy atom. The van der Waals surface area contributed by atoms with Gasteiger partial charge in [0.15, 0.2) is 0 Å². The Balaban J connectivity index is 1.99. The summed E-state index contributed by atoms with van der Waals surface area (Å²) in [7, 11) is 0.674. The van der Waals surface area contributed by atoms with Crippen molar-refractivity contribution in [3.8, 4) is 0 Å². The van der Waals surface area contributed by atoms with Crippen LogP contribution < -0.4 is 0 Å². The molecule has 0 unspecified atom stereocenters. The van der Waals surface area contributed by atoms with Crippen LogP contribution in [0.15, 0.2) is 30.1 Å². The van der Waals surface area contributed by atoms with Gasteiger partial charge >= 0.3 is 7.12 Å². The van der Waals surface area contributed by atoms with Crippen molar-refractivity contribution >= 4 is 24.1 Å². The first-order valence-electron chi connectivity index (χ1n) is 8.12. The van der Waals surface area contributed by atoms with E-state index < -0.39 is 30.5 Å². The van der Waals surface area contributed by atoms with Crippen molar-refractivity contribution in [1.82, 2.24) is 4.57 Å². The molecule has 0 amide bonds. The number of nitrogens with zero attached hydrogens (tertiary/aromatic N) is 1. The number of fused-ring (bicyclic) bond motifs is 1. The van der Waals surface area contributed by atoms with Gasteiger partial charge in [0.1, 0.15) is 5.73 Å². The molecule has 1 aliphatic heterocycles. The van der Waals surface area contributed by atoms with Crippen molar-refractivity contribution < 1.29 is 22.5 Å². The van der Waals surface area contributed by atoms with Gasteiger partial charge < -0.3 is 13.9 Å². The molecule has 0 aliphatic carbocycles. The van der Waals surface area contributed by atoms with Crippen LogP contribution in [0, 0.1) is 0 Å². The molecule has 0 saturated carbocycles. The molecule has 7 heteroatoms. The number of aromatic nitrogens is 1. The van der Waals surface area contributed by atoms with Crippen LogP contribution in [0.2, 0.25) is 0 Å². The number of benzene rings is 1. The van der Waals surface area contributed by atoms with Crippen LogP contribution in [0.4, 0.5) is 13.2 Å². The number of rotatable bonds is 3. The standard InChI is InChI=1S/C18H21BF3NO2/c1-17(2)18(3,4)25-19(24-17)15(20)9-12-10-23(5)14-7-6-11(16(21)22)8-13(12)14/h6-10,16H,1-5H3. The van der Waals surface area contributed by atoms with Crippen molar-refractivity contribution in [2.24, 2.45) is 7.05 Å². The van der Waals surface area contributed by atoms with E-state index in [2.05, 4.69) is 0 Å². The molecular weight excluding hydrogens is 330 g/mol. The second-order valence-electron chi connectivity index (χ2n) is 7.39. The highest BCUT2D eigenvalue weighted by Gasteiger charge is 2.53. The van der Waals surface area contributed by atoms with Crippen molar-refractivity contribution in [3.63, 3.8) is 0 Å². The molecule has 1 aromatic carbocycles. The van der Waals surface area contributed by atoms with Crippen LogP contribution >= 0.6 is 0 Å². The van der Waals surface area contributed by atoms with Crippen molar-refractivity contribution in [3.05, 3.63) is 41.2 Å². The van der Waals surface area contributed by atoms with Crippen molar-refractivity contribution in [2.45, 2.75) is 45.3 Å². The molecule has 0 N–H and O–H groups in total. The van der Waals surface area contributed by atoms with E-state index in [-0.39, 0.29) is 5.56 Å². The minimum atomic E-state index is -2.57. The molecule has 1 aromatic heterocycles. The quantitative estimate of drug-likeness (QED) is 0.722. The zero-order valence-corrected chi connectivity index (χ0v) is 14.9. The zero-order chi connectivity index (χ0) is 18.6. The van der Waals surface area contributed by atoms with Crippen LogP contribution in [0.5, 0.6) is 0 Å². The van der Waals surface area contributed by atoms with Gasteiger partial charge in [-0.25, -0.2) is 13.2 Å². The Morgan fingerprint density at radius 3 is 2.32 bits per heavy atom. The van der Waals surface area contributed by atoms with E-state index in [0.717, 1.165) is 5.52 Å². The van der Waals surface area contributed by atoms with Crippen LogP contribution in [0.3, 0.4) is 0 Å². The topological polar surface area (TPSA) is 23.4 Å². The second-order valence-corrected chi connectivity index (χ2v) is 7.39. The molecule has 0 bridgehead atoms. The summed E-state index contributed by atoms with van der Waals surface area (Å²) in [6, 6.07) is 4.38. The summed E-state index contributed by atoms with van der Waals surface area (Å²) in [4.78, 5) is 0. The molecule has 1 aliphatic rings. The summed E-state index contributed by atoms with van der Waals surface area (Å²) in [5, 5.41) is 0.562. The minimum Gasteiger partial charge on any atom is -0.398 e. The molecule has 2 aromatic rings.